The topological polar surface area (TPSA) is 29.0 Å². The van der Waals surface area contributed by atoms with Crippen LogP contribution in [0, 0.1) is 0 Å². The van der Waals surface area contributed by atoms with Gasteiger partial charge < -0.3 is 0 Å². The lowest BCUT2D eigenvalue weighted by Crippen LogP contribution is -2.23. The van der Waals surface area contributed by atoms with Gasteiger partial charge in [-0.25, -0.2) is 9.97 Å². The zero-order valence-corrected chi connectivity index (χ0v) is 14.6. The predicted octanol–water partition coefficient (Wildman–Crippen LogP) is 4.97. The lowest BCUT2D eigenvalue weighted by Gasteiger charge is -2.24. The second kappa shape index (κ2) is 7.16. The summed E-state index contributed by atoms with van der Waals surface area (Å²) in [5, 5.41) is 0. The van der Waals surface area contributed by atoms with Gasteiger partial charge in [-0.05, 0) is 55.1 Å². The van der Waals surface area contributed by atoms with E-state index in [4.69, 9.17) is 0 Å². The van der Waals surface area contributed by atoms with Crippen molar-refractivity contribution in [2.24, 2.45) is 0 Å². The zero-order chi connectivity index (χ0) is 17.1. The molecule has 3 aromatic rings. The fraction of sp³-hybridized carbons (Fsp3) is 0.273. The fourth-order valence-electron chi connectivity index (χ4n) is 3.60. The first-order valence-electron chi connectivity index (χ1n) is 9.01. The zero-order valence-electron chi connectivity index (χ0n) is 14.6. The maximum Gasteiger partial charge on any atom is 0.115 e. The summed E-state index contributed by atoms with van der Waals surface area (Å²) in [6.07, 6.45) is 7.91. The summed E-state index contributed by atoms with van der Waals surface area (Å²) in [6.45, 7) is 4.78. The van der Waals surface area contributed by atoms with E-state index in [0.29, 0.717) is 6.04 Å². The first-order valence-corrected chi connectivity index (χ1v) is 9.01. The smallest absolute Gasteiger partial charge is 0.115 e. The Morgan fingerprint density at radius 3 is 1.76 bits per heavy atom. The minimum absolute atomic E-state index is 0.511. The van der Waals surface area contributed by atoms with Gasteiger partial charge >= 0.3 is 0 Å². The lowest BCUT2D eigenvalue weighted by atomic mass is 9.99. The van der Waals surface area contributed by atoms with Crippen LogP contribution < -0.4 is 0 Å². The van der Waals surface area contributed by atoms with Gasteiger partial charge in [0.2, 0.25) is 0 Å². The Hall–Kier alpha value is -2.52. The van der Waals surface area contributed by atoms with Crippen LogP contribution in [0.2, 0.25) is 0 Å². The molecule has 126 valence electrons. The van der Waals surface area contributed by atoms with Crippen LogP contribution in [0.25, 0.3) is 22.3 Å². The molecule has 1 aliphatic rings. The van der Waals surface area contributed by atoms with E-state index in [1.54, 1.807) is 6.33 Å². The Labute approximate surface area is 149 Å². The first kappa shape index (κ1) is 16.0. The van der Waals surface area contributed by atoms with E-state index in [0.717, 1.165) is 11.1 Å². The highest BCUT2D eigenvalue weighted by atomic mass is 15.2. The minimum atomic E-state index is 0.511. The van der Waals surface area contributed by atoms with Crippen molar-refractivity contribution >= 4 is 0 Å². The standard InChI is InChI=1S/C22H23N3/c1-17(25-12-2-3-13-25)18-4-6-19(7-5-18)20-8-10-21(11-9-20)22-14-23-16-24-15-22/h4-11,14-17H,2-3,12-13H2,1H3. The van der Waals surface area contributed by atoms with E-state index in [2.05, 4.69) is 70.3 Å². The second-order valence-electron chi connectivity index (χ2n) is 6.75. The molecule has 2 aromatic carbocycles. The van der Waals surface area contributed by atoms with Crippen molar-refractivity contribution in [2.45, 2.75) is 25.8 Å². The lowest BCUT2D eigenvalue weighted by molar-refractivity contribution is 0.263. The number of aromatic nitrogens is 2. The first-order chi connectivity index (χ1) is 12.3. The van der Waals surface area contributed by atoms with Crippen LogP contribution >= 0.6 is 0 Å². The highest BCUT2D eigenvalue weighted by Crippen LogP contribution is 2.28. The summed E-state index contributed by atoms with van der Waals surface area (Å²) in [7, 11) is 0. The van der Waals surface area contributed by atoms with Crippen molar-refractivity contribution in [3.63, 3.8) is 0 Å². The number of nitrogens with zero attached hydrogens (tertiary/aromatic N) is 3. The van der Waals surface area contributed by atoms with Crippen LogP contribution in [0.4, 0.5) is 0 Å². The van der Waals surface area contributed by atoms with Crippen molar-refractivity contribution in [3.05, 3.63) is 72.8 Å². The van der Waals surface area contributed by atoms with Crippen LogP contribution in [0.5, 0.6) is 0 Å². The molecule has 0 N–H and O–H groups in total. The van der Waals surface area contributed by atoms with Crippen LogP contribution in [-0.4, -0.2) is 28.0 Å². The molecule has 1 aromatic heterocycles. The number of benzene rings is 2. The van der Waals surface area contributed by atoms with Gasteiger partial charge in [-0.2, -0.15) is 0 Å². The van der Waals surface area contributed by atoms with E-state index >= 15 is 0 Å². The Kier molecular flexibility index (Phi) is 4.57. The quantitative estimate of drug-likeness (QED) is 0.677. The molecule has 2 heterocycles. The van der Waals surface area contributed by atoms with Crippen molar-refractivity contribution in [1.29, 1.82) is 0 Å². The second-order valence-corrected chi connectivity index (χ2v) is 6.75. The van der Waals surface area contributed by atoms with Gasteiger partial charge in [-0.1, -0.05) is 48.5 Å². The summed E-state index contributed by atoms with van der Waals surface area (Å²) >= 11 is 0. The van der Waals surface area contributed by atoms with Crippen molar-refractivity contribution < 1.29 is 0 Å². The molecule has 3 nitrogen and oxygen atoms in total. The molecule has 4 rings (SSSR count). The maximum absolute atomic E-state index is 4.09. The molecular weight excluding hydrogens is 306 g/mol. The number of hydrogen-bond donors (Lipinski definition) is 0. The molecule has 0 saturated carbocycles. The largest absolute Gasteiger partial charge is 0.297 e. The van der Waals surface area contributed by atoms with Gasteiger partial charge in [0.15, 0.2) is 0 Å². The third-order valence-electron chi connectivity index (χ3n) is 5.19. The normalized spacial score (nSPS) is 16.0. The highest BCUT2D eigenvalue weighted by Gasteiger charge is 2.19. The maximum atomic E-state index is 4.09. The van der Waals surface area contributed by atoms with Crippen molar-refractivity contribution in [1.82, 2.24) is 14.9 Å². The number of rotatable bonds is 4. The molecule has 0 bridgehead atoms. The average molecular weight is 329 g/mol. The molecule has 3 heteroatoms. The molecule has 1 unspecified atom stereocenters. The van der Waals surface area contributed by atoms with Crippen molar-refractivity contribution in [3.8, 4) is 22.3 Å². The average Bonchev–Trinajstić information content (AvgIpc) is 3.23. The van der Waals surface area contributed by atoms with Gasteiger partial charge in [-0.3, -0.25) is 4.90 Å². The summed E-state index contributed by atoms with van der Waals surface area (Å²) < 4.78 is 0. The number of hydrogen-bond acceptors (Lipinski definition) is 3. The van der Waals surface area contributed by atoms with E-state index in [1.165, 1.54) is 42.6 Å². The molecular formula is C22H23N3. The summed E-state index contributed by atoms with van der Waals surface area (Å²) in [5.41, 5.74) is 6.09. The van der Waals surface area contributed by atoms with E-state index in [-0.39, 0.29) is 0 Å². The third kappa shape index (κ3) is 3.47. The Balaban J connectivity index is 1.52. The van der Waals surface area contributed by atoms with Gasteiger partial charge in [0.25, 0.3) is 0 Å². The summed E-state index contributed by atoms with van der Waals surface area (Å²) in [4.78, 5) is 10.7. The predicted molar refractivity (Wildman–Crippen MR) is 102 cm³/mol. The molecule has 1 atom stereocenters. The summed E-state index contributed by atoms with van der Waals surface area (Å²) in [5.74, 6) is 0. The van der Waals surface area contributed by atoms with Gasteiger partial charge in [0, 0.05) is 24.0 Å². The molecule has 0 radical (unpaired) electrons. The SMILES string of the molecule is CC(c1ccc(-c2ccc(-c3cncnc3)cc2)cc1)N1CCCC1. The molecule has 0 amide bonds. The van der Waals surface area contributed by atoms with Gasteiger partial charge in [0.1, 0.15) is 6.33 Å². The third-order valence-corrected chi connectivity index (χ3v) is 5.19. The Morgan fingerprint density at radius 2 is 1.20 bits per heavy atom. The van der Waals surface area contributed by atoms with Gasteiger partial charge in [-0.15, -0.1) is 0 Å². The highest BCUT2D eigenvalue weighted by molar-refractivity contribution is 5.69. The van der Waals surface area contributed by atoms with E-state index < -0.39 is 0 Å². The van der Waals surface area contributed by atoms with E-state index in [1.807, 2.05) is 12.4 Å². The molecule has 1 fully saturated rings. The Morgan fingerprint density at radius 1 is 0.720 bits per heavy atom. The van der Waals surface area contributed by atoms with Crippen LogP contribution in [0.15, 0.2) is 67.3 Å². The fourth-order valence-corrected chi connectivity index (χ4v) is 3.60. The monoisotopic (exact) mass is 329 g/mol. The molecule has 1 aliphatic heterocycles. The molecule has 0 spiro atoms. The molecule has 25 heavy (non-hydrogen) atoms. The van der Waals surface area contributed by atoms with Crippen LogP contribution in [-0.2, 0) is 0 Å². The van der Waals surface area contributed by atoms with Crippen molar-refractivity contribution in [2.75, 3.05) is 13.1 Å². The molecule has 1 saturated heterocycles. The molecule has 0 aliphatic carbocycles. The number of likely N-dealkylation sites (tertiary alicyclic amines) is 1. The van der Waals surface area contributed by atoms with Gasteiger partial charge in [0.05, 0.1) is 0 Å². The van der Waals surface area contributed by atoms with Crippen LogP contribution in [0.3, 0.4) is 0 Å². The van der Waals surface area contributed by atoms with E-state index in [9.17, 15) is 0 Å². The summed E-state index contributed by atoms with van der Waals surface area (Å²) in [6, 6.07) is 18.1. The Bertz CT molecular complexity index is 804. The van der Waals surface area contributed by atoms with Crippen LogP contribution in [0.1, 0.15) is 31.4 Å². The minimum Gasteiger partial charge on any atom is -0.297 e.